The van der Waals surface area contributed by atoms with Gasteiger partial charge in [0.1, 0.15) is 0 Å². The summed E-state index contributed by atoms with van der Waals surface area (Å²) in [5.74, 6) is 2.55. The lowest BCUT2D eigenvalue weighted by Crippen LogP contribution is -2.49. The number of piperidine rings is 1. The largest absolute Gasteiger partial charge is 0.342 e. The van der Waals surface area contributed by atoms with Crippen LogP contribution in [-0.2, 0) is 16.0 Å². The van der Waals surface area contributed by atoms with Crippen LogP contribution in [0.2, 0.25) is 0 Å². The first-order valence-corrected chi connectivity index (χ1v) is 10.1. The lowest BCUT2D eigenvalue weighted by molar-refractivity contribution is -0.142. The van der Waals surface area contributed by atoms with Crippen molar-refractivity contribution in [2.24, 2.45) is 5.92 Å². The molecule has 1 aromatic rings. The lowest BCUT2D eigenvalue weighted by Gasteiger charge is -2.36. The summed E-state index contributed by atoms with van der Waals surface area (Å²) in [6, 6.07) is 10.4. The summed E-state index contributed by atoms with van der Waals surface area (Å²) < 4.78 is 0. The third kappa shape index (κ3) is 4.53. The minimum absolute atomic E-state index is 0.00234. The first-order valence-electron chi connectivity index (χ1n) is 8.92. The maximum atomic E-state index is 12.7. The second-order valence-corrected chi connectivity index (χ2v) is 7.83. The van der Waals surface area contributed by atoms with Crippen molar-refractivity contribution in [3.05, 3.63) is 35.9 Å². The van der Waals surface area contributed by atoms with Gasteiger partial charge in [-0.2, -0.15) is 11.8 Å². The van der Waals surface area contributed by atoms with E-state index in [2.05, 4.69) is 12.1 Å². The average Bonchev–Trinajstić information content (AvgIpc) is 2.64. The number of hydrogen-bond acceptors (Lipinski definition) is 3. The number of hydrogen-bond donors (Lipinski definition) is 0. The highest BCUT2D eigenvalue weighted by atomic mass is 32.2. The standard InChI is InChI=1S/C19H26N2O2S/c22-18-9-8-17(19(23)20-11-13-24-14-12-20)15-21(18)10-4-7-16-5-2-1-3-6-16/h1-3,5-6,17H,4,7-15H2/t17-/m1/s1. The van der Waals surface area contributed by atoms with Crippen LogP contribution in [0.15, 0.2) is 30.3 Å². The molecule has 2 fully saturated rings. The molecule has 4 nitrogen and oxygen atoms in total. The number of rotatable bonds is 5. The molecule has 2 heterocycles. The highest BCUT2D eigenvalue weighted by Crippen LogP contribution is 2.22. The van der Waals surface area contributed by atoms with Gasteiger partial charge in [-0.05, 0) is 24.8 Å². The second-order valence-electron chi connectivity index (χ2n) is 6.60. The fraction of sp³-hybridized carbons (Fsp3) is 0.579. The van der Waals surface area contributed by atoms with Gasteiger partial charge in [-0.3, -0.25) is 9.59 Å². The van der Waals surface area contributed by atoms with Gasteiger partial charge in [0.15, 0.2) is 0 Å². The van der Waals surface area contributed by atoms with Gasteiger partial charge in [0.25, 0.3) is 0 Å². The quantitative estimate of drug-likeness (QED) is 0.822. The highest BCUT2D eigenvalue weighted by Gasteiger charge is 2.32. The maximum absolute atomic E-state index is 12.7. The van der Waals surface area contributed by atoms with Gasteiger partial charge < -0.3 is 9.80 Å². The Labute approximate surface area is 148 Å². The summed E-state index contributed by atoms with van der Waals surface area (Å²) in [4.78, 5) is 28.8. The summed E-state index contributed by atoms with van der Waals surface area (Å²) in [7, 11) is 0. The van der Waals surface area contributed by atoms with E-state index in [1.54, 1.807) is 0 Å². The van der Waals surface area contributed by atoms with E-state index in [0.29, 0.717) is 13.0 Å². The molecule has 3 rings (SSSR count). The van der Waals surface area contributed by atoms with Crippen LogP contribution in [0.1, 0.15) is 24.8 Å². The summed E-state index contributed by atoms with van der Waals surface area (Å²) in [5.41, 5.74) is 1.31. The molecular weight excluding hydrogens is 320 g/mol. The molecule has 2 aliphatic heterocycles. The van der Waals surface area contributed by atoms with Crippen molar-refractivity contribution >= 4 is 23.6 Å². The van der Waals surface area contributed by atoms with Crippen molar-refractivity contribution < 1.29 is 9.59 Å². The predicted molar refractivity (Wildman–Crippen MR) is 98.0 cm³/mol. The molecule has 0 aliphatic carbocycles. The van der Waals surface area contributed by atoms with Crippen LogP contribution in [0.25, 0.3) is 0 Å². The van der Waals surface area contributed by atoms with Crippen LogP contribution < -0.4 is 0 Å². The average molecular weight is 346 g/mol. The minimum Gasteiger partial charge on any atom is -0.342 e. The summed E-state index contributed by atoms with van der Waals surface area (Å²) in [5, 5.41) is 0. The molecule has 1 aromatic carbocycles. The van der Waals surface area contributed by atoms with E-state index in [9.17, 15) is 9.59 Å². The number of likely N-dealkylation sites (tertiary alicyclic amines) is 1. The van der Waals surface area contributed by atoms with Crippen molar-refractivity contribution in [1.29, 1.82) is 0 Å². The third-order valence-electron chi connectivity index (χ3n) is 4.91. The zero-order valence-corrected chi connectivity index (χ0v) is 15.0. The van der Waals surface area contributed by atoms with E-state index in [-0.39, 0.29) is 17.7 Å². The predicted octanol–water partition coefficient (Wildman–Crippen LogP) is 2.43. The number of benzene rings is 1. The van der Waals surface area contributed by atoms with Crippen molar-refractivity contribution in [3.8, 4) is 0 Å². The molecular formula is C19H26N2O2S. The Hall–Kier alpha value is -1.49. The topological polar surface area (TPSA) is 40.6 Å². The number of carbonyl (C=O) groups excluding carboxylic acids is 2. The Balaban J connectivity index is 1.49. The fourth-order valence-electron chi connectivity index (χ4n) is 3.49. The van der Waals surface area contributed by atoms with Gasteiger partial charge in [-0.1, -0.05) is 30.3 Å². The SMILES string of the molecule is O=C1CC[C@@H](C(=O)N2CCSCC2)CN1CCCc1ccccc1. The molecule has 5 heteroatoms. The van der Waals surface area contributed by atoms with Crippen LogP contribution >= 0.6 is 11.8 Å². The molecule has 2 amide bonds. The molecule has 0 radical (unpaired) electrons. The molecule has 24 heavy (non-hydrogen) atoms. The molecule has 0 unspecified atom stereocenters. The van der Waals surface area contributed by atoms with Gasteiger partial charge in [0, 0.05) is 44.1 Å². The second kappa shape index (κ2) is 8.56. The lowest BCUT2D eigenvalue weighted by atomic mass is 9.95. The molecule has 2 aliphatic rings. The number of amides is 2. The first-order chi connectivity index (χ1) is 11.7. The molecule has 2 saturated heterocycles. The molecule has 130 valence electrons. The van der Waals surface area contributed by atoms with Crippen LogP contribution in [0, 0.1) is 5.92 Å². The molecule has 0 saturated carbocycles. The molecule has 0 spiro atoms. The van der Waals surface area contributed by atoms with Crippen molar-refractivity contribution in [2.45, 2.75) is 25.7 Å². The number of carbonyl (C=O) groups is 2. The van der Waals surface area contributed by atoms with E-state index in [1.165, 1.54) is 5.56 Å². The Morgan fingerprint density at radius 3 is 2.67 bits per heavy atom. The number of nitrogens with zero attached hydrogens (tertiary/aromatic N) is 2. The smallest absolute Gasteiger partial charge is 0.227 e. The van der Waals surface area contributed by atoms with Gasteiger partial charge >= 0.3 is 0 Å². The molecule has 0 aromatic heterocycles. The van der Waals surface area contributed by atoms with Crippen molar-refractivity contribution in [1.82, 2.24) is 9.80 Å². The molecule has 0 N–H and O–H groups in total. The van der Waals surface area contributed by atoms with Crippen LogP contribution in [-0.4, -0.2) is 59.3 Å². The summed E-state index contributed by atoms with van der Waals surface area (Å²) in [6.07, 6.45) is 3.17. The summed E-state index contributed by atoms with van der Waals surface area (Å²) in [6.45, 7) is 3.09. The van der Waals surface area contributed by atoms with E-state index >= 15 is 0 Å². The zero-order valence-electron chi connectivity index (χ0n) is 14.2. The maximum Gasteiger partial charge on any atom is 0.227 e. The Kier molecular flexibility index (Phi) is 6.18. The molecule has 0 bridgehead atoms. The van der Waals surface area contributed by atoms with Gasteiger partial charge in [-0.15, -0.1) is 0 Å². The Morgan fingerprint density at radius 1 is 1.17 bits per heavy atom. The summed E-state index contributed by atoms with van der Waals surface area (Å²) >= 11 is 1.91. The Morgan fingerprint density at radius 2 is 1.92 bits per heavy atom. The Bertz CT molecular complexity index is 558. The minimum atomic E-state index is 0.00234. The van der Waals surface area contributed by atoms with Gasteiger partial charge in [0.05, 0.1) is 5.92 Å². The number of aryl methyl sites for hydroxylation is 1. The highest BCUT2D eigenvalue weighted by molar-refractivity contribution is 7.99. The van der Waals surface area contributed by atoms with Gasteiger partial charge in [0.2, 0.25) is 11.8 Å². The number of thioether (sulfide) groups is 1. The third-order valence-corrected chi connectivity index (χ3v) is 5.85. The van der Waals surface area contributed by atoms with Crippen LogP contribution in [0.5, 0.6) is 0 Å². The van der Waals surface area contributed by atoms with Crippen LogP contribution in [0.3, 0.4) is 0 Å². The van der Waals surface area contributed by atoms with E-state index < -0.39 is 0 Å². The van der Waals surface area contributed by atoms with Gasteiger partial charge in [-0.25, -0.2) is 0 Å². The zero-order chi connectivity index (χ0) is 16.8. The fourth-order valence-corrected chi connectivity index (χ4v) is 4.40. The first kappa shape index (κ1) is 17.3. The van der Waals surface area contributed by atoms with E-state index in [0.717, 1.165) is 50.4 Å². The van der Waals surface area contributed by atoms with E-state index in [4.69, 9.17) is 0 Å². The normalized spacial score (nSPS) is 21.8. The van der Waals surface area contributed by atoms with E-state index in [1.807, 2.05) is 39.8 Å². The van der Waals surface area contributed by atoms with Crippen molar-refractivity contribution in [3.63, 3.8) is 0 Å². The van der Waals surface area contributed by atoms with Crippen LogP contribution in [0.4, 0.5) is 0 Å². The molecule has 1 atom stereocenters. The monoisotopic (exact) mass is 346 g/mol. The van der Waals surface area contributed by atoms with Crippen molar-refractivity contribution in [2.75, 3.05) is 37.7 Å².